The van der Waals surface area contributed by atoms with Gasteiger partial charge in [0.15, 0.2) is 5.78 Å². The Labute approximate surface area is 112 Å². The minimum atomic E-state index is -1.25. The van der Waals surface area contributed by atoms with Gasteiger partial charge in [-0.3, -0.25) is 9.00 Å². The van der Waals surface area contributed by atoms with Gasteiger partial charge in [-0.15, -0.1) is 11.3 Å². The molecule has 0 bridgehead atoms. The molecular weight excluding hydrogens is 272 g/mol. The number of hydrogen-bond donors (Lipinski definition) is 0. The first-order valence-electron chi connectivity index (χ1n) is 5.75. The smallest absolute Gasteiger partial charge is 0.348 e. The molecule has 2 rings (SSSR count). The maximum Gasteiger partial charge on any atom is 0.348 e. The summed E-state index contributed by atoms with van der Waals surface area (Å²) in [5.74, 6) is -0.418. The molecule has 1 heterocycles. The topological polar surface area (TPSA) is 60.4 Å². The zero-order valence-corrected chi connectivity index (χ0v) is 11.9. The van der Waals surface area contributed by atoms with E-state index in [0.29, 0.717) is 34.1 Å². The van der Waals surface area contributed by atoms with Gasteiger partial charge >= 0.3 is 5.97 Å². The molecule has 4 nitrogen and oxygen atoms in total. The summed E-state index contributed by atoms with van der Waals surface area (Å²) in [6, 6.07) is 0. The highest BCUT2D eigenvalue weighted by molar-refractivity contribution is 7.86. The van der Waals surface area contributed by atoms with Crippen LogP contribution in [0.4, 0.5) is 0 Å². The summed E-state index contributed by atoms with van der Waals surface area (Å²) in [5, 5.41) is 0. The normalized spacial score (nSPS) is 16.2. The van der Waals surface area contributed by atoms with Gasteiger partial charge in [0, 0.05) is 18.2 Å². The van der Waals surface area contributed by atoms with Crippen LogP contribution in [0.15, 0.2) is 4.21 Å². The van der Waals surface area contributed by atoms with Crippen molar-refractivity contribution in [2.45, 2.75) is 30.4 Å². The Hall–Kier alpha value is -1.01. The van der Waals surface area contributed by atoms with Gasteiger partial charge in [-0.1, -0.05) is 0 Å². The van der Waals surface area contributed by atoms with Gasteiger partial charge in [0.25, 0.3) is 0 Å². The fourth-order valence-corrected chi connectivity index (χ4v) is 4.32. The van der Waals surface area contributed by atoms with Gasteiger partial charge in [0.2, 0.25) is 0 Å². The molecule has 0 fully saturated rings. The van der Waals surface area contributed by atoms with Gasteiger partial charge in [0.05, 0.1) is 17.4 Å². The molecule has 0 N–H and O–H groups in total. The van der Waals surface area contributed by atoms with Gasteiger partial charge in [-0.2, -0.15) is 0 Å². The Morgan fingerprint density at radius 2 is 2.17 bits per heavy atom. The monoisotopic (exact) mass is 286 g/mol. The molecule has 0 spiro atoms. The lowest BCUT2D eigenvalue weighted by Crippen LogP contribution is -2.13. The maximum absolute atomic E-state index is 11.9. The molecular formula is C12H14O4S2. The minimum Gasteiger partial charge on any atom is -0.462 e. The molecule has 1 aliphatic rings. The number of ether oxygens (including phenoxy) is 1. The highest BCUT2D eigenvalue weighted by Gasteiger charge is 2.31. The van der Waals surface area contributed by atoms with Crippen LogP contribution in [0.1, 0.15) is 45.4 Å². The number of esters is 1. The van der Waals surface area contributed by atoms with E-state index in [4.69, 9.17) is 4.74 Å². The molecule has 18 heavy (non-hydrogen) atoms. The Morgan fingerprint density at radius 1 is 1.44 bits per heavy atom. The fraction of sp³-hybridized carbons (Fsp3) is 0.500. The molecule has 98 valence electrons. The van der Waals surface area contributed by atoms with Crippen LogP contribution in [0.3, 0.4) is 0 Å². The SMILES string of the molecule is CCOC(=O)c1sc([S@@](C)=O)c2c1CCCC2=O. The first-order valence-corrected chi connectivity index (χ1v) is 8.13. The summed E-state index contributed by atoms with van der Waals surface area (Å²) >= 11 is 1.14. The van der Waals surface area contributed by atoms with Gasteiger partial charge < -0.3 is 4.74 Å². The minimum absolute atomic E-state index is 0.00625. The highest BCUT2D eigenvalue weighted by Crippen LogP contribution is 2.36. The summed E-state index contributed by atoms with van der Waals surface area (Å²) in [6.07, 6.45) is 3.42. The number of carbonyl (C=O) groups excluding carboxylic acids is 2. The van der Waals surface area contributed by atoms with Crippen LogP contribution in [0.5, 0.6) is 0 Å². The van der Waals surface area contributed by atoms with E-state index in [1.807, 2.05) is 0 Å². The van der Waals surface area contributed by atoms with Crippen molar-refractivity contribution in [1.82, 2.24) is 0 Å². The zero-order chi connectivity index (χ0) is 13.3. The number of carbonyl (C=O) groups is 2. The molecule has 0 aliphatic heterocycles. The Kier molecular flexibility index (Phi) is 3.97. The third-order valence-electron chi connectivity index (χ3n) is 2.81. The summed E-state index contributed by atoms with van der Waals surface area (Å²) in [5.41, 5.74) is 1.25. The van der Waals surface area contributed by atoms with Crippen molar-refractivity contribution >= 4 is 33.9 Å². The van der Waals surface area contributed by atoms with Crippen LogP contribution in [0.25, 0.3) is 0 Å². The van der Waals surface area contributed by atoms with E-state index in [1.54, 1.807) is 6.92 Å². The van der Waals surface area contributed by atoms with Crippen LogP contribution < -0.4 is 0 Å². The standard InChI is InChI=1S/C12H14O4S2/c1-3-16-11(14)10-7-5-4-6-8(13)9(7)12(17-10)18(2)15/h3-6H2,1-2H3/t18-/m1/s1. The van der Waals surface area contributed by atoms with Crippen LogP contribution >= 0.6 is 11.3 Å². The molecule has 1 aromatic heterocycles. The van der Waals surface area contributed by atoms with E-state index in [0.717, 1.165) is 23.3 Å². The number of ketones is 1. The van der Waals surface area contributed by atoms with E-state index in [-0.39, 0.29) is 5.78 Å². The molecule has 1 atom stereocenters. The summed E-state index contributed by atoms with van der Waals surface area (Å²) in [6.45, 7) is 2.03. The second-order valence-corrected chi connectivity index (χ2v) is 6.62. The van der Waals surface area contributed by atoms with Gasteiger partial charge in [-0.05, 0) is 25.3 Å². The molecule has 1 aliphatic carbocycles. The lowest BCUT2D eigenvalue weighted by molar-refractivity contribution is 0.0531. The van der Waals surface area contributed by atoms with Crippen molar-refractivity contribution in [2.75, 3.05) is 12.9 Å². The predicted molar refractivity (Wildman–Crippen MR) is 69.9 cm³/mol. The first kappa shape index (κ1) is 13.4. The summed E-state index contributed by atoms with van der Waals surface area (Å²) in [4.78, 5) is 24.2. The molecule has 6 heteroatoms. The lowest BCUT2D eigenvalue weighted by atomic mass is 9.93. The third kappa shape index (κ3) is 2.27. The molecule has 0 saturated carbocycles. The number of fused-ring (bicyclic) bond motifs is 1. The van der Waals surface area contributed by atoms with Crippen molar-refractivity contribution in [1.29, 1.82) is 0 Å². The number of hydrogen-bond acceptors (Lipinski definition) is 5. The fourth-order valence-electron chi connectivity index (χ4n) is 2.08. The molecule has 0 amide bonds. The Morgan fingerprint density at radius 3 is 2.78 bits per heavy atom. The van der Waals surface area contributed by atoms with E-state index in [1.165, 1.54) is 6.26 Å². The van der Waals surface area contributed by atoms with Crippen molar-refractivity contribution in [3.8, 4) is 0 Å². The molecule has 0 unspecified atom stereocenters. The van der Waals surface area contributed by atoms with E-state index in [2.05, 4.69) is 0 Å². The highest BCUT2D eigenvalue weighted by atomic mass is 32.2. The summed E-state index contributed by atoms with van der Waals surface area (Å²) in [7, 11) is -1.25. The van der Waals surface area contributed by atoms with E-state index >= 15 is 0 Å². The molecule has 1 aromatic rings. The van der Waals surface area contributed by atoms with Crippen molar-refractivity contribution < 1.29 is 18.5 Å². The average molecular weight is 286 g/mol. The van der Waals surface area contributed by atoms with Crippen LogP contribution in [0, 0.1) is 0 Å². The van der Waals surface area contributed by atoms with Crippen LogP contribution in [-0.4, -0.2) is 28.8 Å². The second kappa shape index (κ2) is 5.32. The lowest BCUT2D eigenvalue weighted by Gasteiger charge is -2.12. The third-order valence-corrected chi connectivity index (χ3v) is 5.49. The van der Waals surface area contributed by atoms with Gasteiger partial charge in [0.1, 0.15) is 9.09 Å². The zero-order valence-electron chi connectivity index (χ0n) is 10.3. The maximum atomic E-state index is 11.9. The van der Waals surface area contributed by atoms with Crippen LogP contribution in [-0.2, 0) is 22.0 Å². The number of rotatable bonds is 3. The summed E-state index contributed by atoms with van der Waals surface area (Å²) < 4.78 is 17.2. The van der Waals surface area contributed by atoms with Gasteiger partial charge in [-0.25, -0.2) is 4.79 Å². The average Bonchev–Trinajstić information content (AvgIpc) is 2.70. The van der Waals surface area contributed by atoms with E-state index in [9.17, 15) is 13.8 Å². The number of thiophene rings is 1. The molecule has 0 saturated heterocycles. The predicted octanol–water partition coefficient (Wildman–Crippen LogP) is 2.18. The largest absolute Gasteiger partial charge is 0.462 e. The van der Waals surface area contributed by atoms with E-state index < -0.39 is 16.8 Å². The first-order chi connectivity index (χ1) is 8.56. The van der Waals surface area contributed by atoms with Crippen molar-refractivity contribution in [3.05, 3.63) is 16.0 Å². The Balaban J connectivity index is 2.56. The second-order valence-electron chi connectivity index (χ2n) is 4.02. The molecule has 0 aromatic carbocycles. The van der Waals surface area contributed by atoms with Crippen molar-refractivity contribution in [3.63, 3.8) is 0 Å². The van der Waals surface area contributed by atoms with Crippen molar-refractivity contribution in [2.24, 2.45) is 0 Å². The van der Waals surface area contributed by atoms with Crippen LogP contribution in [0.2, 0.25) is 0 Å². The number of Topliss-reactive ketones (excluding diaryl/α,β-unsaturated/α-hetero) is 1. The quantitative estimate of drug-likeness (QED) is 0.799. The molecule has 0 radical (unpaired) electrons. The Bertz CT molecular complexity index is 530.